The van der Waals surface area contributed by atoms with Crippen LogP contribution in [0, 0.1) is 0 Å². The highest BCUT2D eigenvalue weighted by Crippen LogP contribution is 2.25. The fourth-order valence-electron chi connectivity index (χ4n) is 2.71. The van der Waals surface area contributed by atoms with Crippen molar-refractivity contribution in [3.8, 4) is 0 Å². The Hall–Kier alpha value is -2.26. The molecule has 0 radical (unpaired) electrons. The highest BCUT2D eigenvalue weighted by atomic mass is 32.2. The Bertz CT molecular complexity index is 988. The lowest BCUT2D eigenvalue weighted by atomic mass is 10.2. The summed E-state index contributed by atoms with van der Waals surface area (Å²) in [5, 5.41) is -0.104. The molecule has 0 aliphatic carbocycles. The topological polar surface area (TPSA) is 93.6 Å². The van der Waals surface area contributed by atoms with E-state index in [4.69, 9.17) is 8.83 Å². The van der Waals surface area contributed by atoms with Crippen LogP contribution in [0.1, 0.15) is 5.76 Å². The fourth-order valence-corrected chi connectivity index (χ4v) is 5.06. The summed E-state index contributed by atoms with van der Waals surface area (Å²) in [6.07, 6.45) is 1.45. The first-order chi connectivity index (χ1) is 12.5. The van der Waals surface area contributed by atoms with Crippen LogP contribution in [0.4, 0.5) is 0 Å². The van der Waals surface area contributed by atoms with Gasteiger partial charge >= 0.3 is 0 Å². The standard InChI is InChI=1S/C17H16N2O5S2/c20-16(10-25-17-18-14-5-1-2-6-15(14)24-17)19-8-13(9-19)26(21,22)11-12-4-3-7-23-12/h1-7,13H,8-11H2. The maximum absolute atomic E-state index is 12.3. The molecule has 1 aliphatic rings. The molecule has 0 bridgehead atoms. The van der Waals surface area contributed by atoms with Gasteiger partial charge in [0, 0.05) is 13.1 Å². The zero-order valence-electron chi connectivity index (χ0n) is 13.7. The first kappa shape index (κ1) is 17.2. The number of hydrogen-bond acceptors (Lipinski definition) is 7. The van der Waals surface area contributed by atoms with Crippen molar-refractivity contribution in [3.05, 3.63) is 48.4 Å². The average Bonchev–Trinajstić information content (AvgIpc) is 3.19. The number of oxazole rings is 1. The number of amides is 1. The van der Waals surface area contributed by atoms with Crippen molar-refractivity contribution in [1.29, 1.82) is 0 Å². The number of thioether (sulfide) groups is 1. The molecule has 1 aromatic carbocycles. The molecule has 2 aromatic heterocycles. The molecule has 26 heavy (non-hydrogen) atoms. The molecule has 1 fully saturated rings. The van der Waals surface area contributed by atoms with Gasteiger partial charge in [0.15, 0.2) is 15.4 Å². The predicted molar refractivity (Wildman–Crippen MR) is 96.4 cm³/mol. The number of aromatic nitrogens is 1. The maximum atomic E-state index is 12.3. The summed E-state index contributed by atoms with van der Waals surface area (Å²) in [6, 6.07) is 10.7. The van der Waals surface area contributed by atoms with Crippen LogP contribution in [0.3, 0.4) is 0 Å². The van der Waals surface area contributed by atoms with Gasteiger partial charge in [-0.3, -0.25) is 4.79 Å². The van der Waals surface area contributed by atoms with Crippen LogP contribution in [0.15, 0.2) is 56.7 Å². The van der Waals surface area contributed by atoms with Crippen molar-refractivity contribution in [2.24, 2.45) is 0 Å². The quantitative estimate of drug-likeness (QED) is 0.594. The van der Waals surface area contributed by atoms with E-state index in [-0.39, 0.29) is 30.5 Å². The molecule has 4 rings (SSSR count). The third-order valence-electron chi connectivity index (χ3n) is 4.23. The van der Waals surface area contributed by atoms with Gasteiger partial charge in [0.05, 0.1) is 17.3 Å². The van der Waals surface area contributed by atoms with E-state index in [1.807, 2.05) is 24.3 Å². The summed E-state index contributed by atoms with van der Waals surface area (Å²) in [5.41, 5.74) is 1.42. The van der Waals surface area contributed by atoms with Crippen LogP contribution < -0.4 is 0 Å². The normalized spacial score (nSPS) is 15.3. The Kier molecular flexibility index (Phi) is 4.49. The summed E-state index contributed by atoms with van der Waals surface area (Å²) in [5.74, 6) is 0.324. The highest BCUT2D eigenvalue weighted by molar-refractivity contribution is 7.99. The Morgan fingerprint density at radius 3 is 2.77 bits per heavy atom. The number of rotatable bonds is 6. The van der Waals surface area contributed by atoms with E-state index in [0.717, 1.165) is 5.52 Å². The molecule has 0 saturated carbocycles. The summed E-state index contributed by atoms with van der Waals surface area (Å²) in [4.78, 5) is 18.1. The van der Waals surface area contributed by atoms with Crippen molar-refractivity contribution in [3.63, 3.8) is 0 Å². The largest absolute Gasteiger partial charge is 0.468 e. The average molecular weight is 392 g/mol. The van der Waals surface area contributed by atoms with Crippen molar-refractivity contribution in [2.45, 2.75) is 16.2 Å². The van der Waals surface area contributed by atoms with E-state index >= 15 is 0 Å². The Morgan fingerprint density at radius 1 is 1.23 bits per heavy atom. The second kappa shape index (κ2) is 6.81. The smallest absolute Gasteiger partial charge is 0.257 e. The molecule has 0 atom stereocenters. The lowest BCUT2D eigenvalue weighted by Crippen LogP contribution is -2.57. The molecule has 0 unspecified atom stereocenters. The number of benzene rings is 1. The number of carbonyl (C=O) groups excluding carboxylic acids is 1. The fraction of sp³-hybridized carbons (Fsp3) is 0.294. The maximum Gasteiger partial charge on any atom is 0.257 e. The van der Waals surface area contributed by atoms with Crippen LogP contribution in [0.25, 0.3) is 11.1 Å². The summed E-state index contributed by atoms with van der Waals surface area (Å²) < 4.78 is 35.3. The van der Waals surface area contributed by atoms with Crippen molar-refractivity contribution >= 4 is 38.6 Å². The molecule has 1 saturated heterocycles. The van der Waals surface area contributed by atoms with E-state index in [9.17, 15) is 13.2 Å². The van der Waals surface area contributed by atoms with Gasteiger partial charge < -0.3 is 13.7 Å². The molecule has 3 heterocycles. The summed E-state index contributed by atoms with van der Waals surface area (Å²) >= 11 is 1.21. The molecule has 0 spiro atoms. The van der Waals surface area contributed by atoms with E-state index in [0.29, 0.717) is 16.6 Å². The predicted octanol–water partition coefficient (Wildman–Crippen LogP) is 2.34. The van der Waals surface area contributed by atoms with Crippen molar-refractivity contribution in [2.75, 3.05) is 18.8 Å². The van der Waals surface area contributed by atoms with Crippen molar-refractivity contribution in [1.82, 2.24) is 9.88 Å². The number of sulfone groups is 1. The Labute approximate surface area is 154 Å². The first-order valence-electron chi connectivity index (χ1n) is 8.01. The lowest BCUT2D eigenvalue weighted by Gasteiger charge is -2.38. The minimum Gasteiger partial charge on any atom is -0.468 e. The van der Waals surface area contributed by atoms with Crippen LogP contribution in [0.5, 0.6) is 0 Å². The molecule has 1 aliphatic heterocycles. The second-order valence-corrected chi connectivity index (χ2v) is 9.25. The lowest BCUT2D eigenvalue weighted by molar-refractivity contribution is -0.131. The molecule has 9 heteroatoms. The molecule has 136 valence electrons. The number of hydrogen-bond donors (Lipinski definition) is 0. The van der Waals surface area contributed by atoms with Gasteiger partial charge in [-0.1, -0.05) is 23.9 Å². The van der Waals surface area contributed by atoms with Crippen LogP contribution in [0.2, 0.25) is 0 Å². The van der Waals surface area contributed by atoms with E-state index in [2.05, 4.69) is 4.98 Å². The van der Waals surface area contributed by atoms with Gasteiger partial charge in [0.25, 0.3) is 5.22 Å². The molecular weight excluding hydrogens is 376 g/mol. The van der Waals surface area contributed by atoms with Gasteiger partial charge in [-0.15, -0.1) is 0 Å². The Balaban J connectivity index is 1.29. The molecule has 0 N–H and O–H groups in total. The van der Waals surface area contributed by atoms with E-state index in [1.54, 1.807) is 17.0 Å². The van der Waals surface area contributed by atoms with Crippen LogP contribution >= 0.6 is 11.8 Å². The van der Waals surface area contributed by atoms with Gasteiger partial charge in [0.2, 0.25) is 5.91 Å². The first-order valence-corrected chi connectivity index (χ1v) is 10.7. The number of para-hydroxylation sites is 2. The molecule has 1 amide bonds. The number of likely N-dealkylation sites (tertiary alicyclic amines) is 1. The summed E-state index contributed by atoms with van der Waals surface area (Å²) in [6.45, 7) is 0.436. The SMILES string of the molecule is O=C(CSc1nc2ccccc2o1)N1CC(S(=O)(=O)Cc2ccco2)C1. The van der Waals surface area contributed by atoms with Crippen LogP contribution in [-0.2, 0) is 20.4 Å². The number of fused-ring (bicyclic) bond motifs is 1. The van der Waals surface area contributed by atoms with Gasteiger partial charge in [-0.05, 0) is 24.3 Å². The molecule has 7 nitrogen and oxygen atoms in total. The van der Waals surface area contributed by atoms with Gasteiger partial charge in [-0.25, -0.2) is 13.4 Å². The molecular formula is C17H16N2O5S2. The molecule has 3 aromatic rings. The minimum atomic E-state index is -3.32. The van der Waals surface area contributed by atoms with Gasteiger partial charge in [-0.2, -0.15) is 0 Å². The second-order valence-electron chi connectivity index (χ2n) is 6.04. The number of furan rings is 1. The Morgan fingerprint density at radius 2 is 2.04 bits per heavy atom. The third kappa shape index (κ3) is 3.49. The monoisotopic (exact) mass is 392 g/mol. The zero-order chi connectivity index (χ0) is 18.1. The van der Waals surface area contributed by atoms with E-state index < -0.39 is 15.1 Å². The van der Waals surface area contributed by atoms with E-state index in [1.165, 1.54) is 18.0 Å². The van der Waals surface area contributed by atoms with Crippen molar-refractivity contribution < 1.29 is 22.0 Å². The highest BCUT2D eigenvalue weighted by Gasteiger charge is 2.39. The summed E-state index contributed by atoms with van der Waals surface area (Å²) in [7, 11) is -3.32. The number of carbonyl (C=O) groups is 1. The van der Waals surface area contributed by atoms with Gasteiger partial charge in [0.1, 0.15) is 17.0 Å². The number of nitrogens with zero attached hydrogens (tertiary/aromatic N) is 2. The zero-order valence-corrected chi connectivity index (χ0v) is 15.3. The minimum absolute atomic E-state index is 0.123. The third-order valence-corrected chi connectivity index (χ3v) is 7.04. The van der Waals surface area contributed by atoms with Crippen LogP contribution in [-0.4, -0.2) is 48.3 Å².